The predicted octanol–water partition coefficient (Wildman–Crippen LogP) is 4.11. The lowest BCUT2D eigenvalue weighted by Crippen LogP contribution is -2.52. The highest BCUT2D eigenvalue weighted by atomic mass is 35.5. The third-order valence-corrected chi connectivity index (χ3v) is 6.90. The molecule has 0 amide bonds. The maximum atomic E-state index is 6.16. The molecule has 29 heavy (non-hydrogen) atoms. The van der Waals surface area contributed by atoms with Gasteiger partial charge in [0.1, 0.15) is 23.5 Å². The summed E-state index contributed by atoms with van der Waals surface area (Å²) in [7, 11) is 0. The molecule has 0 saturated heterocycles. The van der Waals surface area contributed by atoms with Gasteiger partial charge in [-0.3, -0.25) is 0 Å². The van der Waals surface area contributed by atoms with Crippen molar-refractivity contribution in [2.24, 2.45) is 0 Å². The Morgan fingerprint density at radius 3 is 2.72 bits per heavy atom. The van der Waals surface area contributed by atoms with E-state index >= 15 is 0 Å². The molecule has 2 aromatic rings. The van der Waals surface area contributed by atoms with Crippen LogP contribution >= 0.6 is 23.8 Å². The van der Waals surface area contributed by atoms with Gasteiger partial charge < -0.3 is 23.8 Å². The number of benzene rings is 2. The first kappa shape index (κ1) is 17.4. The van der Waals surface area contributed by atoms with E-state index in [0.29, 0.717) is 25.3 Å². The topological polar surface area (TPSA) is 40.2 Å². The second kappa shape index (κ2) is 6.28. The molecule has 2 aromatic carbocycles. The number of fused-ring (bicyclic) bond motifs is 5. The Kier molecular flexibility index (Phi) is 3.77. The molecule has 6 rings (SSSR count). The Hall–Kier alpha value is -2.44. The van der Waals surface area contributed by atoms with Crippen LogP contribution < -0.4 is 14.2 Å². The Morgan fingerprint density at radius 2 is 1.90 bits per heavy atom. The SMILES string of the molecule is S=C1N(CC2=CCC(Cl)O2)Cc2ccccc2C12COc1cc3c(cc12)OCO3. The first-order chi connectivity index (χ1) is 14.1. The molecule has 0 radical (unpaired) electrons. The minimum absolute atomic E-state index is 0.226. The van der Waals surface area contributed by atoms with E-state index in [1.54, 1.807) is 0 Å². The van der Waals surface area contributed by atoms with Crippen LogP contribution in [0.3, 0.4) is 0 Å². The molecule has 2 unspecified atom stereocenters. The molecule has 0 N–H and O–H groups in total. The van der Waals surface area contributed by atoms with Crippen molar-refractivity contribution >= 4 is 28.8 Å². The summed E-state index contributed by atoms with van der Waals surface area (Å²) in [6.07, 6.45) is 2.76. The maximum Gasteiger partial charge on any atom is 0.231 e. The van der Waals surface area contributed by atoms with Crippen molar-refractivity contribution in [1.29, 1.82) is 0 Å². The summed E-state index contributed by atoms with van der Waals surface area (Å²) in [5, 5.41) is 0. The van der Waals surface area contributed by atoms with Gasteiger partial charge >= 0.3 is 0 Å². The minimum Gasteiger partial charge on any atom is -0.491 e. The van der Waals surface area contributed by atoms with Crippen LogP contribution in [0.2, 0.25) is 0 Å². The zero-order valence-electron chi connectivity index (χ0n) is 15.5. The van der Waals surface area contributed by atoms with Crippen molar-refractivity contribution in [3.05, 3.63) is 64.9 Å². The van der Waals surface area contributed by atoms with Crippen LogP contribution in [0.4, 0.5) is 0 Å². The van der Waals surface area contributed by atoms with Crippen molar-refractivity contribution in [2.45, 2.75) is 23.9 Å². The van der Waals surface area contributed by atoms with Gasteiger partial charge in [-0.05, 0) is 23.3 Å². The number of hydrogen-bond donors (Lipinski definition) is 0. The van der Waals surface area contributed by atoms with Gasteiger partial charge in [-0.2, -0.15) is 0 Å². The summed E-state index contributed by atoms with van der Waals surface area (Å²) in [6, 6.07) is 12.4. The smallest absolute Gasteiger partial charge is 0.231 e. The van der Waals surface area contributed by atoms with Crippen molar-refractivity contribution in [2.75, 3.05) is 19.9 Å². The second-order valence-corrected chi connectivity index (χ2v) is 8.52. The van der Waals surface area contributed by atoms with Gasteiger partial charge in [0.05, 0.1) is 11.5 Å². The van der Waals surface area contributed by atoms with Gasteiger partial charge in [-0.15, -0.1) is 0 Å². The number of alkyl halides is 1. The van der Waals surface area contributed by atoms with E-state index in [4.69, 9.17) is 42.8 Å². The fourth-order valence-corrected chi connectivity index (χ4v) is 5.29. The zero-order valence-corrected chi connectivity index (χ0v) is 17.1. The lowest BCUT2D eigenvalue weighted by atomic mass is 9.71. The minimum atomic E-state index is -0.542. The summed E-state index contributed by atoms with van der Waals surface area (Å²) in [5.41, 5.74) is 2.62. The third kappa shape index (κ3) is 2.49. The van der Waals surface area contributed by atoms with E-state index in [0.717, 1.165) is 34.4 Å². The van der Waals surface area contributed by atoms with Crippen LogP contribution in [-0.4, -0.2) is 35.4 Å². The van der Waals surface area contributed by atoms with Crippen LogP contribution in [0.15, 0.2) is 48.2 Å². The number of halogens is 1. The fourth-order valence-electron chi connectivity index (χ4n) is 4.68. The Morgan fingerprint density at radius 1 is 1.07 bits per heavy atom. The predicted molar refractivity (Wildman–Crippen MR) is 112 cm³/mol. The highest BCUT2D eigenvalue weighted by Crippen LogP contribution is 2.52. The summed E-state index contributed by atoms with van der Waals surface area (Å²) >= 11 is 12.2. The molecule has 0 aliphatic carbocycles. The van der Waals surface area contributed by atoms with Gasteiger partial charge in [-0.25, -0.2) is 0 Å². The zero-order chi connectivity index (χ0) is 19.6. The van der Waals surface area contributed by atoms with Crippen LogP contribution in [0.1, 0.15) is 23.1 Å². The fraction of sp³-hybridized carbons (Fsp3) is 0.318. The first-order valence-electron chi connectivity index (χ1n) is 9.59. The molecular weight excluding hydrogens is 410 g/mol. The van der Waals surface area contributed by atoms with Crippen LogP contribution in [0.25, 0.3) is 0 Å². The largest absolute Gasteiger partial charge is 0.491 e. The molecule has 4 aliphatic rings. The molecule has 0 bridgehead atoms. The second-order valence-electron chi connectivity index (χ2n) is 7.65. The number of thiocarbonyl (C=S) groups is 1. The van der Waals surface area contributed by atoms with Gasteiger partial charge in [-0.1, -0.05) is 48.1 Å². The van der Waals surface area contributed by atoms with E-state index < -0.39 is 5.41 Å². The molecule has 4 aliphatic heterocycles. The van der Waals surface area contributed by atoms with Crippen LogP contribution in [-0.2, 0) is 16.7 Å². The quantitative estimate of drug-likeness (QED) is 0.530. The number of rotatable bonds is 2. The van der Waals surface area contributed by atoms with Gasteiger partial charge in [0.2, 0.25) is 6.79 Å². The summed E-state index contributed by atoms with van der Waals surface area (Å²) in [4.78, 5) is 3.03. The monoisotopic (exact) mass is 427 g/mol. The summed E-state index contributed by atoms with van der Waals surface area (Å²) in [6.45, 7) is 2.00. The molecule has 7 heteroatoms. The standard InChI is InChI=1S/C22H18ClNO4S/c23-20-6-5-14(28-20)10-24-9-13-3-1-2-4-15(13)22(21(24)29)11-25-17-8-19-18(7-16(17)22)26-12-27-19/h1-5,7-8,20H,6,9-12H2. The Labute approximate surface area is 178 Å². The van der Waals surface area contributed by atoms with Crippen LogP contribution in [0.5, 0.6) is 17.2 Å². The Bertz CT molecular complexity index is 1070. The molecule has 2 atom stereocenters. The van der Waals surface area contributed by atoms with Crippen LogP contribution in [0, 0.1) is 0 Å². The molecule has 4 heterocycles. The van der Waals surface area contributed by atoms with Gasteiger partial charge in [0.25, 0.3) is 0 Å². The molecular formula is C22H18ClNO4S. The van der Waals surface area contributed by atoms with Crippen molar-refractivity contribution in [3.63, 3.8) is 0 Å². The summed E-state index contributed by atoms with van der Waals surface area (Å²) < 4.78 is 23.1. The van der Waals surface area contributed by atoms with E-state index in [1.165, 1.54) is 11.1 Å². The maximum absolute atomic E-state index is 6.16. The number of nitrogens with zero attached hydrogens (tertiary/aromatic N) is 1. The highest BCUT2D eigenvalue weighted by Gasteiger charge is 2.52. The Balaban J connectivity index is 1.48. The number of ether oxygens (including phenoxy) is 4. The molecule has 148 valence electrons. The highest BCUT2D eigenvalue weighted by molar-refractivity contribution is 7.80. The third-order valence-electron chi connectivity index (χ3n) is 6.03. The molecule has 0 saturated carbocycles. The first-order valence-corrected chi connectivity index (χ1v) is 10.4. The van der Waals surface area contributed by atoms with E-state index in [-0.39, 0.29) is 12.4 Å². The lowest BCUT2D eigenvalue weighted by Gasteiger charge is -2.43. The van der Waals surface area contributed by atoms with E-state index in [2.05, 4.69) is 29.2 Å². The average molecular weight is 428 g/mol. The molecule has 0 fully saturated rings. The number of hydrogen-bond acceptors (Lipinski definition) is 5. The molecule has 5 nitrogen and oxygen atoms in total. The molecule has 1 spiro atoms. The summed E-state index contributed by atoms with van der Waals surface area (Å²) in [5.74, 6) is 3.11. The lowest BCUT2D eigenvalue weighted by molar-refractivity contribution is 0.173. The van der Waals surface area contributed by atoms with Crippen molar-refractivity contribution in [1.82, 2.24) is 4.90 Å². The van der Waals surface area contributed by atoms with Crippen molar-refractivity contribution < 1.29 is 18.9 Å². The van der Waals surface area contributed by atoms with Gasteiger partial charge in [0.15, 0.2) is 17.1 Å². The van der Waals surface area contributed by atoms with Crippen molar-refractivity contribution in [3.8, 4) is 17.2 Å². The van der Waals surface area contributed by atoms with Gasteiger partial charge in [0, 0.05) is 24.6 Å². The molecule has 0 aromatic heterocycles. The average Bonchev–Trinajstić information content (AvgIpc) is 3.44. The normalized spacial score (nSPS) is 26.1. The van der Waals surface area contributed by atoms with E-state index in [1.807, 2.05) is 18.2 Å². The van der Waals surface area contributed by atoms with E-state index in [9.17, 15) is 0 Å².